The molecule has 0 spiro atoms. The number of nitrogens with one attached hydrogen (secondary N) is 1. The van der Waals surface area contributed by atoms with E-state index in [-0.39, 0.29) is 36.2 Å². The third-order valence-electron chi connectivity index (χ3n) is 9.11. The van der Waals surface area contributed by atoms with E-state index in [1.165, 1.54) is 0 Å². The van der Waals surface area contributed by atoms with Gasteiger partial charge in [0.2, 0.25) is 10.0 Å². The Morgan fingerprint density at radius 2 is 1.51 bits per heavy atom. The number of aromatic nitrogens is 1. The molecule has 8 nitrogen and oxygen atoms in total. The van der Waals surface area contributed by atoms with Crippen LogP contribution in [0.3, 0.4) is 0 Å². The smallest absolute Gasteiger partial charge is 0.240 e. The van der Waals surface area contributed by atoms with Crippen molar-refractivity contribution >= 4 is 10.0 Å². The molecule has 1 fully saturated rings. The third-order valence-corrected chi connectivity index (χ3v) is 10.5. The molecule has 2 heterocycles. The number of nitrogens with zero attached hydrogens (tertiary/aromatic N) is 2. The van der Waals surface area contributed by atoms with Crippen LogP contribution < -0.4 is 4.72 Å². The molecule has 0 bridgehead atoms. The van der Waals surface area contributed by atoms with Gasteiger partial charge in [-0.25, -0.2) is 13.1 Å². The lowest BCUT2D eigenvalue weighted by Gasteiger charge is -2.42. The Labute approximate surface area is 289 Å². The molecule has 1 aromatic heterocycles. The Balaban J connectivity index is 1.20. The number of rotatable bonds is 13. The Morgan fingerprint density at radius 1 is 0.816 bits per heavy atom. The predicted molar refractivity (Wildman–Crippen MR) is 191 cm³/mol. The van der Waals surface area contributed by atoms with Crippen LogP contribution in [-0.2, 0) is 39.1 Å². The number of benzene rings is 4. The quantitative estimate of drug-likeness (QED) is 0.143. The van der Waals surface area contributed by atoms with Crippen LogP contribution >= 0.6 is 0 Å². The second-order valence-electron chi connectivity index (χ2n) is 12.6. The summed E-state index contributed by atoms with van der Waals surface area (Å²) in [5.41, 5.74) is 6.63. The average molecular weight is 678 g/mol. The zero-order chi connectivity index (χ0) is 34.2. The summed E-state index contributed by atoms with van der Waals surface area (Å²) in [6, 6.07) is 38.2. The Morgan fingerprint density at radius 3 is 2.22 bits per heavy atom. The summed E-state index contributed by atoms with van der Waals surface area (Å²) in [4.78, 5) is 6.99. The second kappa shape index (κ2) is 16.0. The molecule has 1 saturated heterocycles. The van der Waals surface area contributed by atoms with Gasteiger partial charge in [0.25, 0.3) is 0 Å². The van der Waals surface area contributed by atoms with Gasteiger partial charge in [-0.15, -0.1) is 0 Å². The minimum absolute atomic E-state index is 0.00877. The van der Waals surface area contributed by atoms with Crippen LogP contribution in [0.5, 0.6) is 0 Å². The van der Waals surface area contributed by atoms with E-state index in [1.807, 2.05) is 91.1 Å². The van der Waals surface area contributed by atoms with Crippen LogP contribution in [0.4, 0.5) is 0 Å². The highest BCUT2D eigenvalue weighted by molar-refractivity contribution is 7.89. The molecule has 0 saturated carbocycles. The number of likely N-dealkylation sites (N-methyl/N-ethyl adjacent to an activating group) is 1. The van der Waals surface area contributed by atoms with Gasteiger partial charge in [0, 0.05) is 49.4 Å². The van der Waals surface area contributed by atoms with Crippen molar-refractivity contribution in [3.05, 3.63) is 155 Å². The lowest BCUT2D eigenvalue weighted by molar-refractivity contribution is -0.275. The summed E-state index contributed by atoms with van der Waals surface area (Å²) in [6.45, 7) is 3.90. The van der Waals surface area contributed by atoms with Crippen LogP contribution in [-0.4, -0.2) is 49.6 Å². The van der Waals surface area contributed by atoms with Gasteiger partial charge in [-0.3, -0.25) is 4.98 Å². The SMILES string of the molecule is CC1C(CN(C)CCc2ccccn2)OC(c2ccc(-c3ccccc3CNS(=O)(=O)c3ccccc3)cc2)OC1c1ccc(CO)cc1. The van der Waals surface area contributed by atoms with Crippen molar-refractivity contribution in [3.8, 4) is 11.1 Å². The molecule has 1 aliphatic heterocycles. The van der Waals surface area contributed by atoms with E-state index in [4.69, 9.17) is 9.47 Å². The van der Waals surface area contributed by atoms with E-state index in [1.54, 1.807) is 30.3 Å². The first-order valence-corrected chi connectivity index (χ1v) is 18.1. The molecule has 2 N–H and O–H groups in total. The van der Waals surface area contributed by atoms with Gasteiger partial charge in [0.05, 0.1) is 23.7 Å². The van der Waals surface area contributed by atoms with Gasteiger partial charge in [-0.05, 0) is 59.1 Å². The fourth-order valence-corrected chi connectivity index (χ4v) is 7.24. The van der Waals surface area contributed by atoms with Crippen LogP contribution in [0, 0.1) is 5.92 Å². The molecule has 4 aromatic carbocycles. The van der Waals surface area contributed by atoms with E-state index < -0.39 is 16.3 Å². The van der Waals surface area contributed by atoms with E-state index in [0.29, 0.717) is 0 Å². The highest BCUT2D eigenvalue weighted by Crippen LogP contribution is 2.42. The van der Waals surface area contributed by atoms with Crippen molar-refractivity contribution in [2.24, 2.45) is 5.92 Å². The highest BCUT2D eigenvalue weighted by atomic mass is 32.2. The van der Waals surface area contributed by atoms with Crippen LogP contribution in [0.15, 0.2) is 132 Å². The molecule has 0 radical (unpaired) electrons. The summed E-state index contributed by atoms with van der Waals surface area (Å²) in [5.74, 6) is 0.0688. The lowest BCUT2D eigenvalue weighted by Crippen LogP contribution is -2.43. The minimum atomic E-state index is -3.65. The zero-order valence-electron chi connectivity index (χ0n) is 27.9. The van der Waals surface area contributed by atoms with Crippen molar-refractivity contribution < 1.29 is 23.0 Å². The van der Waals surface area contributed by atoms with E-state index >= 15 is 0 Å². The standard InChI is InChI=1S/C40H43N3O5S/c1-29-38(27-43(2)25-23-35-11-8-9-24-41-35)47-40(48-39(29)32-17-15-30(28-44)16-18-32)33-21-19-31(20-22-33)37-14-7-6-10-34(37)26-42-49(45,46)36-12-4-3-5-13-36/h3-22,24,29,38-40,42,44H,23,25-28H2,1-2H3. The molecule has 0 aliphatic carbocycles. The first kappa shape index (κ1) is 34.6. The number of sulfonamides is 1. The van der Waals surface area contributed by atoms with Gasteiger partial charge < -0.3 is 19.5 Å². The summed E-state index contributed by atoms with van der Waals surface area (Å²) < 4.78 is 41.9. The second-order valence-corrected chi connectivity index (χ2v) is 14.3. The fraction of sp³-hybridized carbons (Fsp3) is 0.275. The Hall–Kier alpha value is -4.22. The normalized spacial score (nSPS) is 19.6. The number of pyridine rings is 1. The number of hydrogen-bond donors (Lipinski definition) is 2. The Kier molecular flexibility index (Phi) is 11.3. The first-order valence-electron chi connectivity index (χ1n) is 16.6. The maximum Gasteiger partial charge on any atom is 0.240 e. The molecule has 5 aromatic rings. The first-order chi connectivity index (χ1) is 23.8. The summed E-state index contributed by atoms with van der Waals surface area (Å²) in [7, 11) is -1.54. The molecule has 9 heteroatoms. The zero-order valence-corrected chi connectivity index (χ0v) is 28.7. The van der Waals surface area contributed by atoms with Gasteiger partial charge in [-0.1, -0.05) is 104 Å². The molecule has 6 rings (SSSR count). The van der Waals surface area contributed by atoms with Crippen LogP contribution in [0.25, 0.3) is 11.1 Å². The largest absolute Gasteiger partial charge is 0.392 e. The molecule has 49 heavy (non-hydrogen) atoms. The van der Waals surface area contributed by atoms with Crippen molar-refractivity contribution in [1.29, 1.82) is 0 Å². The molecule has 4 unspecified atom stereocenters. The molecule has 0 amide bonds. The maximum atomic E-state index is 12.9. The average Bonchev–Trinajstić information content (AvgIpc) is 3.15. The number of ether oxygens (including phenoxy) is 2. The summed E-state index contributed by atoms with van der Waals surface area (Å²) in [6.07, 6.45) is 1.77. The predicted octanol–water partition coefficient (Wildman–Crippen LogP) is 6.69. The third kappa shape index (κ3) is 8.69. The molecular formula is C40H43N3O5S. The van der Waals surface area contributed by atoms with E-state index in [9.17, 15) is 13.5 Å². The van der Waals surface area contributed by atoms with Crippen LogP contribution in [0.2, 0.25) is 0 Å². The highest BCUT2D eigenvalue weighted by Gasteiger charge is 2.38. The lowest BCUT2D eigenvalue weighted by atomic mass is 9.90. The van der Waals surface area contributed by atoms with Crippen molar-refractivity contribution in [2.45, 2.75) is 49.9 Å². The number of aliphatic hydroxyl groups excluding tert-OH is 1. The van der Waals surface area contributed by atoms with Crippen molar-refractivity contribution in [2.75, 3.05) is 20.1 Å². The summed E-state index contributed by atoms with van der Waals surface area (Å²) >= 11 is 0. The van der Waals surface area contributed by atoms with Gasteiger partial charge >= 0.3 is 0 Å². The minimum Gasteiger partial charge on any atom is -0.392 e. The Bertz CT molecular complexity index is 1890. The van der Waals surface area contributed by atoms with Crippen molar-refractivity contribution in [1.82, 2.24) is 14.6 Å². The van der Waals surface area contributed by atoms with E-state index in [0.717, 1.165) is 58.6 Å². The molecule has 254 valence electrons. The molecule has 1 aliphatic rings. The summed E-state index contributed by atoms with van der Waals surface area (Å²) in [5, 5.41) is 9.60. The van der Waals surface area contributed by atoms with Gasteiger partial charge in [0.15, 0.2) is 6.29 Å². The van der Waals surface area contributed by atoms with Crippen molar-refractivity contribution in [3.63, 3.8) is 0 Å². The molecule has 4 atom stereocenters. The van der Waals surface area contributed by atoms with Gasteiger partial charge in [0.1, 0.15) is 0 Å². The van der Waals surface area contributed by atoms with E-state index in [2.05, 4.69) is 34.6 Å². The maximum absolute atomic E-state index is 12.9. The number of aliphatic hydroxyl groups is 1. The topological polar surface area (TPSA) is 101 Å². The monoisotopic (exact) mass is 677 g/mol. The van der Waals surface area contributed by atoms with Gasteiger partial charge in [-0.2, -0.15) is 0 Å². The molecular weight excluding hydrogens is 635 g/mol. The fourth-order valence-electron chi connectivity index (χ4n) is 6.21. The number of hydrogen-bond acceptors (Lipinski definition) is 7. The van der Waals surface area contributed by atoms with Crippen LogP contribution in [0.1, 0.15) is 47.3 Å².